The first-order chi connectivity index (χ1) is 10.3. The van der Waals surface area contributed by atoms with Crippen molar-refractivity contribution >= 4 is 5.91 Å². The van der Waals surface area contributed by atoms with Gasteiger partial charge in [0.1, 0.15) is 0 Å². The minimum Gasteiger partial charge on any atom is -0.381 e. The van der Waals surface area contributed by atoms with Crippen LogP contribution in [0.3, 0.4) is 0 Å². The van der Waals surface area contributed by atoms with Crippen molar-refractivity contribution < 1.29 is 9.53 Å². The van der Waals surface area contributed by atoms with Gasteiger partial charge in [0, 0.05) is 31.1 Å². The number of hydrogen-bond donors (Lipinski definition) is 1. The van der Waals surface area contributed by atoms with E-state index in [1.165, 1.54) is 18.4 Å². The predicted molar refractivity (Wildman–Crippen MR) is 83.1 cm³/mol. The fourth-order valence-electron chi connectivity index (χ4n) is 3.71. The molecule has 3 rings (SSSR count). The quantitative estimate of drug-likeness (QED) is 0.924. The minimum absolute atomic E-state index is 0.0494. The Balaban J connectivity index is 1.69. The van der Waals surface area contributed by atoms with Crippen LogP contribution in [-0.2, 0) is 14.9 Å². The Morgan fingerprint density at radius 3 is 2.48 bits per heavy atom. The second-order valence-electron chi connectivity index (χ2n) is 6.46. The second kappa shape index (κ2) is 6.61. The summed E-state index contributed by atoms with van der Waals surface area (Å²) in [4.78, 5) is 12.3. The molecule has 0 bridgehead atoms. The Bertz CT molecular complexity index is 459. The van der Waals surface area contributed by atoms with Crippen molar-refractivity contribution in [1.29, 1.82) is 0 Å². The smallest absolute Gasteiger partial charge is 0.223 e. The number of benzene rings is 1. The van der Waals surface area contributed by atoms with Crippen LogP contribution in [0.1, 0.15) is 44.1 Å². The van der Waals surface area contributed by atoms with Gasteiger partial charge in [-0.05, 0) is 31.2 Å². The summed E-state index contributed by atoms with van der Waals surface area (Å²) >= 11 is 0. The molecule has 2 aliphatic rings. The normalized spacial score (nSPS) is 22.1. The van der Waals surface area contributed by atoms with Gasteiger partial charge in [0.05, 0.1) is 0 Å². The third kappa shape index (κ3) is 3.29. The van der Waals surface area contributed by atoms with E-state index in [-0.39, 0.29) is 17.2 Å². The fourth-order valence-corrected chi connectivity index (χ4v) is 3.71. The van der Waals surface area contributed by atoms with Gasteiger partial charge in [0.15, 0.2) is 0 Å². The zero-order valence-electron chi connectivity index (χ0n) is 12.6. The Hall–Kier alpha value is -1.35. The number of amides is 1. The van der Waals surface area contributed by atoms with Crippen molar-refractivity contribution in [2.75, 3.05) is 19.8 Å². The first kappa shape index (κ1) is 14.6. The number of carbonyl (C=O) groups excluding carboxylic acids is 1. The summed E-state index contributed by atoms with van der Waals surface area (Å²) in [6.07, 6.45) is 6.51. The van der Waals surface area contributed by atoms with Crippen LogP contribution in [-0.4, -0.2) is 25.7 Å². The maximum absolute atomic E-state index is 12.3. The van der Waals surface area contributed by atoms with Crippen molar-refractivity contribution in [3.8, 4) is 0 Å². The molecule has 114 valence electrons. The van der Waals surface area contributed by atoms with E-state index in [0.717, 1.165) is 45.4 Å². The molecule has 1 saturated heterocycles. The van der Waals surface area contributed by atoms with E-state index < -0.39 is 0 Å². The van der Waals surface area contributed by atoms with Crippen molar-refractivity contribution in [2.45, 2.75) is 43.9 Å². The third-order valence-electron chi connectivity index (χ3n) is 5.16. The Labute approximate surface area is 127 Å². The van der Waals surface area contributed by atoms with Crippen molar-refractivity contribution in [3.05, 3.63) is 35.9 Å². The van der Waals surface area contributed by atoms with Gasteiger partial charge in [-0.2, -0.15) is 0 Å². The lowest BCUT2D eigenvalue weighted by Gasteiger charge is -2.38. The van der Waals surface area contributed by atoms with Crippen LogP contribution < -0.4 is 5.32 Å². The zero-order chi connectivity index (χ0) is 14.5. The molecule has 1 aromatic carbocycles. The first-order valence-corrected chi connectivity index (χ1v) is 8.21. The molecule has 3 heteroatoms. The van der Waals surface area contributed by atoms with Crippen molar-refractivity contribution in [3.63, 3.8) is 0 Å². The van der Waals surface area contributed by atoms with Gasteiger partial charge in [0.25, 0.3) is 0 Å². The second-order valence-corrected chi connectivity index (χ2v) is 6.46. The topological polar surface area (TPSA) is 38.3 Å². The lowest BCUT2D eigenvalue weighted by atomic mass is 9.74. The van der Waals surface area contributed by atoms with Gasteiger partial charge in [0.2, 0.25) is 5.91 Å². The standard InChI is InChI=1S/C18H25NO2/c20-17(15-6-4-5-7-15)19-14-18(10-12-21-13-11-18)16-8-2-1-3-9-16/h1-3,8-9,15H,4-7,10-14H2,(H,19,20). The van der Waals surface area contributed by atoms with E-state index in [0.29, 0.717) is 0 Å². The molecule has 21 heavy (non-hydrogen) atoms. The van der Waals surface area contributed by atoms with Crippen LogP contribution in [0.15, 0.2) is 30.3 Å². The van der Waals surface area contributed by atoms with Crippen LogP contribution >= 0.6 is 0 Å². The maximum atomic E-state index is 12.3. The van der Waals surface area contributed by atoms with Crippen LogP contribution in [0.2, 0.25) is 0 Å². The van der Waals surface area contributed by atoms with Crippen LogP contribution in [0, 0.1) is 5.92 Å². The largest absolute Gasteiger partial charge is 0.381 e. The molecule has 1 aromatic rings. The summed E-state index contributed by atoms with van der Waals surface area (Å²) in [6.45, 7) is 2.32. The Kier molecular flexibility index (Phi) is 4.59. The molecule has 3 nitrogen and oxygen atoms in total. The van der Waals surface area contributed by atoms with E-state index >= 15 is 0 Å². The zero-order valence-corrected chi connectivity index (χ0v) is 12.6. The average molecular weight is 287 g/mol. The van der Waals surface area contributed by atoms with Crippen molar-refractivity contribution in [2.24, 2.45) is 5.92 Å². The molecule has 1 saturated carbocycles. The predicted octanol–water partition coefficient (Wildman–Crippen LogP) is 3.04. The lowest BCUT2D eigenvalue weighted by molar-refractivity contribution is -0.125. The molecule has 2 fully saturated rings. The van der Waals surface area contributed by atoms with E-state index in [2.05, 4.69) is 29.6 Å². The lowest BCUT2D eigenvalue weighted by Crippen LogP contribution is -2.45. The van der Waals surface area contributed by atoms with Gasteiger partial charge >= 0.3 is 0 Å². The van der Waals surface area contributed by atoms with Crippen LogP contribution in [0.5, 0.6) is 0 Å². The molecule has 1 aliphatic heterocycles. The highest BCUT2D eigenvalue weighted by molar-refractivity contribution is 5.79. The molecule has 1 aliphatic carbocycles. The van der Waals surface area contributed by atoms with Gasteiger partial charge in [-0.15, -0.1) is 0 Å². The van der Waals surface area contributed by atoms with E-state index in [9.17, 15) is 4.79 Å². The highest BCUT2D eigenvalue weighted by atomic mass is 16.5. The fraction of sp³-hybridized carbons (Fsp3) is 0.611. The van der Waals surface area contributed by atoms with Gasteiger partial charge < -0.3 is 10.1 Å². The Morgan fingerprint density at radius 1 is 1.14 bits per heavy atom. The summed E-state index contributed by atoms with van der Waals surface area (Å²) in [5, 5.41) is 3.24. The van der Waals surface area contributed by atoms with Gasteiger partial charge in [-0.25, -0.2) is 0 Å². The molecular weight excluding hydrogens is 262 g/mol. The highest BCUT2D eigenvalue weighted by Gasteiger charge is 2.35. The molecule has 1 amide bonds. The van der Waals surface area contributed by atoms with Crippen LogP contribution in [0.25, 0.3) is 0 Å². The summed E-state index contributed by atoms with van der Waals surface area (Å²) in [5.41, 5.74) is 1.38. The molecule has 0 unspecified atom stereocenters. The number of rotatable bonds is 4. The molecule has 0 atom stereocenters. The molecule has 1 heterocycles. The summed E-state index contributed by atoms with van der Waals surface area (Å²) in [7, 11) is 0. The number of nitrogens with one attached hydrogen (secondary N) is 1. The molecule has 0 aromatic heterocycles. The van der Waals surface area contributed by atoms with E-state index in [1.807, 2.05) is 6.07 Å². The summed E-state index contributed by atoms with van der Waals surface area (Å²) < 4.78 is 5.54. The van der Waals surface area contributed by atoms with Gasteiger partial charge in [-0.3, -0.25) is 4.79 Å². The molecule has 0 spiro atoms. The molecule has 0 radical (unpaired) electrons. The first-order valence-electron chi connectivity index (χ1n) is 8.21. The Morgan fingerprint density at radius 2 is 1.81 bits per heavy atom. The van der Waals surface area contributed by atoms with Crippen molar-refractivity contribution in [1.82, 2.24) is 5.32 Å². The molecule has 1 N–H and O–H groups in total. The van der Waals surface area contributed by atoms with Gasteiger partial charge in [-0.1, -0.05) is 43.2 Å². The monoisotopic (exact) mass is 287 g/mol. The number of carbonyl (C=O) groups is 1. The number of ether oxygens (including phenoxy) is 1. The maximum Gasteiger partial charge on any atom is 0.223 e. The summed E-state index contributed by atoms with van der Waals surface area (Å²) in [6, 6.07) is 10.6. The number of hydrogen-bond acceptors (Lipinski definition) is 2. The average Bonchev–Trinajstić information content (AvgIpc) is 3.09. The SMILES string of the molecule is O=C(NCC1(c2ccccc2)CCOCC1)C1CCCC1. The molecular formula is C18H25NO2. The minimum atomic E-state index is 0.0494. The summed E-state index contributed by atoms with van der Waals surface area (Å²) in [5.74, 6) is 0.506. The van der Waals surface area contributed by atoms with Crippen LogP contribution in [0.4, 0.5) is 0 Å². The third-order valence-corrected chi connectivity index (χ3v) is 5.16. The van der Waals surface area contributed by atoms with E-state index in [1.54, 1.807) is 0 Å². The highest BCUT2D eigenvalue weighted by Crippen LogP contribution is 2.34. The van der Waals surface area contributed by atoms with E-state index in [4.69, 9.17) is 4.74 Å².